The molecule has 1 aliphatic carbocycles. The van der Waals surface area contributed by atoms with E-state index in [1.807, 2.05) is 0 Å². The third kappa shape index (κ3) is 6.49. The van der Waals surface area contributed by atoms with Crippen molar-refractivity contribution < 1.29 is 23.1 Å². The maximum absolute atomic E-state index is 12.4. The van der Waals surface area contributed by atoms with Gasteiger partial charge in [-0.1, -0.05) is 48.5 Å². The molecule has 1 heterocycles. The minimum absolute atomic E-state index is 0.120. The number of halogens is 5. The molecular formula is C19H20Cl2F3N3O2S2. The highest BCUT2D eigenvalue weighted by Crippen LogP contribution is 2.43. The van der Waals surface area contributed by atoms with Crippen molar-refractivity contribution in [2.24, 2.45) is 5.92 Å². The summed E-state index contributed by atoms with van der Waals surface area (Å²) in [6.45, 7) is -1.23. The van der Waals surface area contributed by atoms with E-state index in [4.69, 9.17) is 28.3 Å². The number of thiazole rings is 1. The lowest BCUT2D eigenvalue weighted by Crippen LogP contribution is -2.26. The number of amides is 1. The van der Waals surface area contributed by atoms with Gasteiger partial charge in [0.15, 0.2) is 5.01 Å². The minimum atomic E-state index is -4.34. The molecule has 0 bridgehead atoms. The molecule has 0 aliphatic heterocycles. The molecule has 1 fully saturated rings. The Bertz CT molecular complexity index is 937. The average molecular weight is 514 g/mol. The predicted octanol–water partition coefficient (Wildman–Crippen LogP) is 5.34. The number of aliphatic hydroxyl groups is 1. The molecule has 1 aromatic carbocycles. The smallest absolute Gasteiger partial charge is 0.395 e. The van der Waals surface area contributed by atoms with Gasteiger partial charge >= 0.3 is 6.18 Å². The largest absolute Gasteiger partial charge is 0.402 e. The van der Waals surface area contributed by atoms with Crippen LogP contribution in [0.25, 0.3) is 10.4 Å². The summed E-state index contributed by atoms with van der Waals surface area (Å²) >= 11 is 14.7. The van der Waals surface area contributed by atoms with Crippen molar-refractivity contribution in [3.8, 4) is 10.4 Å². The molecule has 3 N–H and O–H groups in total. The number of benzene rings is 1. The van der Waals surface area contributed by atoms with E-state index in [-0.39, 0.29) is 34.1 Å². The summed E-state index contributed by atoms with van der Waals surface area (Å²) in [5.74, 6) is 0.107. The van der Waals surface area contributed by atoms with Crippen LogP contribution in [0.2, 0.25) is 10.0 Å². The number of nitrogens with zero attached hydrogens (tertiary/aromatic N) is 1. The summed E-state index contributed by atoms with van der Waals surface area (Å²) in [4.78, 5) is 17.9. The number of hydrogen-bond acceptors (Lipinski definition) is 6. The number of aliphatic hydroxyl groups excluding tert-OH is 1. The SMILES string of the molecule is O=C(NCCO)c1nc(CC2CCC2)c(-c2ccc(SNCC(F)(F)F)c(Cl)c2Cl)s1. The van der Waals surface area contributed by atoms with Crippen molar-refractivity contribution in [1.29, 1.82) is 0 Å². The molecule has 1 saturated carbocycles. The Morgan fingerprint density at radius 3 is 2.65 bits per heavy atom. The highest BCUT2D eigenvalue weighted by Gasteiger charge is 2.28. The topological polar surface area (TPSA) is 74.2 Å². The molecule has 3 rings (SSSR count). The van der Waals surface area contributed by atoms with Crippen molar-refractivity contribution >= 4 is 52.4 Å². The number of alkyl halides is 3. The van der Waals surface area contributed by atoms with Crippen LogP contribution < -0.4 is 10.0 Å². The summed E-state index contributed by atoms with van der Waals surface area (Å²) in [7, 11) is 0. The van der Waals surface area contributed by atoms with Gasteiger partial charge in [-0.3, -0.25) is 9.52 Å². The minimum Gasteiger partial charge on any atom is -0.395 e. The van der Waals surface area contributed by atoms with Crippen LogP contribution in [0.15, 0.2) is 17.0 Å². The zero-order valence-corrected chi connectivity index (χ0v) is 19.3. The lowest BCUT2D eigenvalue weighted by Gasteiger charge is -2.24. The lowest BCUT2D eigenvalue weighted by molar-refractivity contribution is -0.120. The first-order valence-corrected chi connectivity index (χ1v) is 11.9. The molecule has 1 aliphatic rings. The van der Waals surface area contributed by atoms with Crippen LogP contribution in [-0.2, 0) is 6.42 Å². The molecule has 12 heteroatoms. The zero-order valence-electron chi connectivity index (χ0n) is 16.2. The first-order valence-electron chi connectivity index (χ1n) is 9.53. The van der Waals surface area contributed by atoms with Gasteiger partial charge in [0.25, 0.3) is 5.91 Å². The Balaban J connectivity index is 1.88. The van der Waals surface area contributed by atoms with Crippen molar-refractivity contribution in [2.75, 3.05) is 19.7 Å². The van der Waals surface area contributed by atoms with Crippen LogP contribution in [0.5, 0.6) is 0 Å². The molecule has 0 atom stereocenters. The van der Waals surface area contributed by atoms with Gasteiger partial charge in [-0.05, 0) is 30.4 Å². The highest BCUT2D eigenvalue weighted by molar-refractivity contribution is 7.97. The van der Waals surface area contributed by atoms with Crippen LogP contribution in [0.3, 0.4) is 0 Å². The number of rotatable bonds is 9. The molecule has 2 aromatic rings. The second kappa shape index (κ2) is 10.7. The molecule has 1 aromatic heterocycles. The third-order valence-electron chi connectivity index (χ3n) is 4.74. The van der Waals surface area contributed by atoms with E-state index >= 15 is 0 Å². The Kier molecular flexibility index (Phi) is 8.51. The first-order chi connectivity index (χ1) is 14.7. The molecule has 31 heavy (non-hydrogen) atoms. The summed E-state index contributed by atoms with van der Waals surface area (Å²) in [6, 6.07) is 3.27. The van der Waals surface area contributed by atoms with Gasteiger partial charge in [0.2, 0.25) is 0 Å². The summed E-state index contributed by atoms with van der Waals surface area (Å²) in [5, 5.41) is 12.1. The van der Waals surface area contributed by atoms with Gasteiger partial charge in [0, 0.05) is 17.0 Å². The molecule has 0 saturated heterocycles. The summed E-state index contributed by atoms with van der Waals surface area (Å²) in [5.41, 5.74) is 1.33. The van der Waals surface area contributed by atoms with E-state index in [1.165, 1.54) is 11.3 Å². The Morgan fingerprint density at radius 2 is 2.03 bits per heavy atom. The van der Waals surface area contributed by atoms with Gasteiger partial charge in [-0.15, -0.1) is 11.3 Å². The van der Waals surface area contributed by atoms with Gasteiger partial charge < -0.3 is 10.4 Å². The molecule has 0 unspecified atom stereocenters. The second-order valence-corrected chi connectivity index (χ2v) is 9.74. The normalized spacial score (nSPS) is 14.5. The third-order valence-corrected chi connectivity index (χ3v) is 7.71. The average Bonchev–Trinajstić information content (AvgIpc) is 3.09. The summed E-state index contributed by atoms with van der Waals surface area (Å²) in [6.07, 6.45) is -0.278. The Hall–Kier alpha value is -1.04. The van der Waals surface area contributed by atoms with E-state index in [9.17, 15) is 18.0 Å². The molecule has 5 nitrogen and oxygen atoms in total. The van der Waals surface area contributed by atoms with Crippen LogP contribution in [0.4, 0.5) is 13.2 Å². The molecular weight excluding hydrogens is 494 g/mol. The van der Waals surface area contributed by atoms with Crippen LogP contribution in [-0.4, -0.2) is 41.9 Å². The van der Waals surface area contributed by atoms with Gasteiger partial charge in [-0.2, -0.15) is 13.2 Å². The van der Waals surface area contributed by atoms with E-state index in [1.54, 1.807) is 12.1 Å². The highest BCUT2D eigenvalue weighted by atomic mass is 35.5. The number of carbonyl (C=O) groups excluding carboxylic acids is 1. The van der Waals surface area contributed by atoms with Crippen LogP contribution >= 0.6 is 46.5 Å². The van der Waals surface area contributed by atoms with Gasteiger partial charge in [-0.25, -0.2) is 4.98 Å². The monoisotopic (exact) mass is 513 g/mol. The maximum atomic E-state index is 12.4. The maximum Gasteiger partial charge on any atom is 0.402 e. The molecule has 0 spiro atoms. The van der Waals surface area contributed by atoms with Crippen molar-refractivity contribution in [2.45, 2.75) is 36.8 Å². The zero-order chi connectivity index (χ0) is 22.6. The number of aromatic nitrogens is 1. The second-order valence-electron chi connectivity index (χ2n) is 7.05. The van der Waals surface area contributed by atoms with Crippen molar-refractivity contribution in [3.63, 3.8) is 0 Å². The standard InChI is InChI=1S/C19H20Cl2F3N3O2S2/c20-14-11(4-5-13(15(14)21)31-26-9-19(22,23)24)16-12(8-10-2-1-3-10)27-18(30-16)17(29)25-6-7-28/h4-5,10,26,28H,1-3,6-9H2,(H,25,29). The first kappa shape index (κ1) is 24.6. The fraction of sp³-hybridized carbons (Fsp3) is 0.474. The number of carbonyl (C=O) groups is 1. The Morgan fingerprint density at radius 1 is 1.29 bits per heavy atom. The fourth-order valence-electron chi connectivity index (χ4n) is 2.99. The number of hydrogen-bond donors (Lipinski definition) is 3. The Labute approximate surface area is 195 Å². The van der Waals surface area contributed by atoms with Gasteiger partial charge in [0.05, 0.1) is 27.2 Å². The van der Waals surface area contributed by atoms with E-state index in [0.29, 0.717) is 27.7 Å². The quantitative estimate of drug-likeness (QED) is 0.394. The molecule has 170 valence electrons. The van der Waals surface area contributed by atoms with Crippen molar-refractivity contribution in [1.82, 2.24) is 15.0 Å². The van der Waals surface area contributed by atoms with Gasteiger partial charge in [0.1, 0.15) is 6.54 Å². The van der Waals surface area contributed by atoms with Crippen LogP contribution in [0, 0.1) is 5.92 Å². The fourth-order valence-corrected chi connectivity index (χ4v) is 5.41. The molecule has 0 radical (unpaired) electrons. The predicted molar refractivity (Wildman–Crippen MR) is 118 cm³/mol. The number of nitrogens with one attached hydrogen (secondary N) is 2. The van der Waals surface area contributed by atoms with E-state index < -0.39 is 12.7 Å². The van der Waals surface area contributed by atoms with Crippen LogP contribution in [0.1, 0.15) is 34.8 Å². The van der Waals surface area contributed by atoms with E-state index in [2.05, 4.69) is 15.0 Å². The van der Waals surface area contributed by atoms with Crippen molar-refractivity contribution in [3.05, 3.63) is 32.9 Å². The molecule has 1 amide bonds. The lowest BCUT2D eigenvalue weighted by atomic mass is 9.82. The summed E-state index contributed by atoms with van der Waals surface area (Å²) < 4.78 is 39.3. The van der Waals surface area contributed by atoms with E-state index in [0.717, 1.165) is 36.9 Å².